The van der Waals surface area contributed by atoms with E-state index in [0.29, 0.717) is 22.1 Å². The molecular weight excluding hydrogens is 279 g/mol. The van der Waals surface area contributed by atoms with E-state index in [4.69, 9.17) is 23.2 Å². The Balaban J connectivity index is 1.79. The number of rotatable bonds is 2. The van der Waals surface area contributed by atoms with Gasteiger partial charge in [-0.25, -0.2) is 0 Å². The Morgan fingerprint density at radius 1 is 1.21 bits per heavy atom. The third-order valence-corrected chi connectivity index (χ3v) is 5.37. The minimum absolute atomic E-state index is 0.326. The van der Waals surface area contributed by atoms with E-state index in [-0.39, 0.29) is 0 Å². The highest BCUT2D eigenvalue weighted by atomic mass is 35.5. The Kier molecular flexibility index (Phi) is 4.04. The first-order valence-corrected chi connectivity index (χ1v) is 7.84. The lowest BCUT2D eigenvalue weighted by molar-refractivity contribution is 0.200. The number of nitrogens with one attached hydrogen (secondary N) is 1. The van der Waals surface area contributed by atoms with Crippen LogP contribution in [0.25, 0.3) is 0 Å². The van der Waals surface area contributed by atoms with Gasteiger partial charge in [0.1, 0.15) is 0 Å². The maximum absolute atomic E-state index is 6.35. The molecule has 2 saturated heterocycles. The molecule has 1 aromatic rings. The Hall–Kier alpha value is -0.280. The Bertz CT molecular complexity index is 463. The van der Waals surface area contributed by atoms with E-state index >= 15 is 0 Å². The van der Waals surface area contributed by atoms with Crippen molar-refractivity contribution in [3.8, 4) is 0 Å². The van der Waals surface area contributed by atoms with Crippen LogP contribution in [-0.4, -0.2) is 30.1 Å². The topological polar surface area (TPSA) is 15.3 Å². The Morgan fingerprint density at radius 2 is 2.00 bits per heavy atom. The average Bonchev–Trinajstić information content (AvgIpc) is 2.72. The van der Waals surface area contributed by atoms with Gasteiger partial charge in [-0.15, -0.1) is 0 Å². The molecule has 1 aromatic carbocycles. The minimum atomic E-state index is 0.326. The number of nitrogens with zero attached hydrogens (tertiary/aromatic N) is 1. The molecule has 2 bridgehead atoms. The summed E-state index contributed by atoms with van der Waals surface area (Å²) in [6, 6.07) is 7.63. The highest BCUT2D eigenvalue weighted by Gasteiger charge is 2.31. The predicted molar refractivity (Wildman–Crippen MR) is 81.0 cm³/mol. The van der Waals surface area contributed by atoms with Crippen LogP contribution in [0.2, 0.25) is 10.0 Å². The van der Waals surface area contributed by atoms with Crippen LogP contribution < -0.4 is 5.32 Å². The molecule has 3 atom stereocenters. The fraction of sp³-hybridized carbons (Fsp3) is 0.600. The van der Waals surface area contributed by atoms with Crippen molar-refractivity contribution in [3.63, 3.8) is 0 Å². The number of halogens is 2. The summed E-state index contributed by atoms with van der Waals surface area (Å²) < 4.78 is 0. The smallest absolute Gasteiger partial charge is 0.0640 e. The van der Waals surface area contributed by atoms with Crippen LogP contribution in [0.3, 0.4) is 0 Å². The first kappa shape index (κ1) is 13.7. The zero-order valence-electron chi connectivity index (χ0n) is 11.2. The second kappa shape index (κ2) is 5.61. The van der Waals surface area contributed by atoms with Crippen LogP contribution in [0.1, 0.15) is 37.8 Å². The van der Waals surface area contributed by atoms with E-state index in [0.717, 1.165) is 24.7 Å². The van der Waals surface area contributed by atoms with E-state index in [9.17, 15) is 0 Å². The zero-order valence-corrected chi connectivity index (χ0v) is 12.7. The van der Waals surface area contributed by atoms with Gasteiger partial charge in [0, 0.05) is 31.2 Å². The van der Waals surface area contributed by atoms with E-state index in [1.807, 2.05) is 12.1 Å². The van der Waals surface area contributed by atoms with E-state index < -0.39 is 0 Å². The molecule has 0 amide bonds. The van der Waals surface area contributed by atoms with Crippen molar-refractivity contribution in [2.24, 2.45) is 0 Å². The second-order valence-corrected chi connectivity index (χ2v) is 6.53. The lowest BCUT2D eigenvalue weighted by Gasteiger charge is -2.31. The molecule has 0 aromatic heterocycles. The van der Waals surface area contributed by atoms with Gasteiger partial charge in [-0.1, -0.05) is 35.3 Å². The molecule has 2 heterocycles. The molecule has 0 radical (unpaired) electrons. The highest BCUT2D eigenvalue weighted by Crippen LogP contribution is 2.34. The van der Waals surface area contributed by atoms with Gasteiger partial charge in [0.25, 0.3) is 0 Å². The van der Waals surface area contributed by atoms with Crippen LogP contribution in [0.4, 0.5) is 0 Å². The summed E-state index contributed by atoms with van der Waals surface area (Å²) in [6.07, 6.45) is 3.88. The molecular formula is C15H20Cl2N2. The fourth-order valence-electron chi connectivity index (χ4n) is 3.36. The van der Waals surface area contributed by atoms with Crippen LogP contribution in [0.5, 0.6) is 0 Å². The van der Waals surface area contributed by atoms with Gasteiger partial charge in [-0.3, -0.25) is 4.90 Å². The van der Waals surface area contributed by atoms with Crippen molar-refractivity contribution in [2.45, 2.75) is 44.3 Å². The number of hydrogen-bond donors (Lipinski definition) is 1. The molecule has 4 heteroatoms. The van der Waals surface area contributed by atoms with Crippen molar-refractivity contribution >= 4 is 23.2 Å². The number of fused-ring (bicyclic) bond motifs is 2. The van der Waals surface area contributed by atoms with Crippen molar-refractivity contribution < 1.29 is 0 Å². The number of benzene rings is 1. The van der Waals surface area contributed by atoms with Crippen LogP contribution >= 0.6 is 23.2 Å². The molecule has 1 N–H and O–H groups in total. The Labute approximate surface area is 125 Å². The molecule has 2 nitrogen and oxygen atoms in total. The molecule has 19 heavy (non-hydrogen) atoms. The van der Waals surface area contributed by atoms with Crippen molar-refractivity contribution in [2.75, 3.05) is 13.1 Å². The van der Waals surface area contributed by atoms with Crippen molar-refractivity contribution in [3.05, 3.63) is 33.8 Å². The summed E-state index contributed by atoms with van der Waals surface area (Å²) in [7, 11) is 0. The summed E-state index contributed by atoms with van der Waals surface area (Å²) in [5.74, 6) is 0. The SMILES string of the molecule is CC(c1cccc(Cl)c1Cl)N1CCC2CCC(C1)N2. The maximum Gasteiger partial charge on any atom is 0.0640 e. The maximum atomic E-state index is 6.35. The molecule has 2 aliphatic heterocycles. The predicted octanol–water partition coefficient (Wildman–Crippen LogP) is 3.88. The Morgan fingerprint density at radius 3 is 2.84 bits per heavy atom. The average molecular weight is 299 g/mol. The van der Waals surface area contributed by atoms with Gasteiger partial charge < -0.3 is 5.32 Å². The minimum Gasteiger partial charge on any atom is -0.310 e. The summed E-state index contributed by atoms with van der Waals surface area (Å²) in [6.45, 7) is 4.48. The molecule has 0 saturated carbocycles. The third-order valence-electron chi connectivity index (χ3n) is 4.53. The third kappa shape index (κ3) is 2.78. The molecule has 2 aliphatic rings. The van der Waals surface area contributed by atoms with Gasteiger partial charge in [-0.05, 0) is 37.8 Å². The molecule has 2 fully saturated rings. The van der Waals surface area contributed by atoms with Crippen molar-refractivity contribution in [1.82, 2.24) is 10.2 Å². The first-order chi connectivity index (χ1) is 9.15. The summed E-state index contributed by atoms with van der Waals surface area (Å²) >= 11 is 12.5. The lowest BCUT2D eigenvalue weighted by Crippen LogP contribution is -2.36. The normalized spacial score (nSPS) is 29.2. The highest BCUT2D eigenvalue weighted by molar-refractivity contribution is 6.42. The van der Waals surface area contributed by atoms with Crippen LogP contribution in [0, 0.1) is 0 Å². The largest absolute Gasteiger partial charge is 0.310 e. The van der Waals surface area contributed by atoms with Gasteiger partial charge >= 0.3 is 0 Å². The van der Waals surface area contributed by atoms with E-state index in [1.54, 1.807) is 0 Å². The molecule has 3 unspecified atom stereocenters. The van der Waals surface area contributed by atoms with Crippen LogP contribution in [0.15, 0.2) is 18.2 Å². The monoisotopic (exact) mass is 298 g/mol. The molecule has 3 rings (SSSR count). The van der Waals surface area contributed by atoms with Gasteiger partial charge in [-0.2, -0.15) is 0 Å². The summed E-state index contributed by atoms with van der Waals surface area (Å²) in [5, 5.41) is 5.08. The number of hydrogen-bond acceptors (Lipinski definition) is 2. The van der Waals surface area contributed by atoms with Crippen molar-refractivity contribution in [1.29, 1.82) is 0 Å². The standard InChI is InChI=1S/C15H20Cl2N2/c1-10(13-3-2-4-14(16)15(13)17)19-8-7-11-5-6-12(9-19)18-11/h2-4,10-12,18H,5-9H2,1H3. The summed E-state index contributed by atoms with van der Waals surface area (Å²) in [5.41, 5.74) is 1.15. The lowest BCUT2D eigenvalue weighted by atomic mass is 10.0. The van der Waals surface area contributed by atoms with Gasteiger partial charge in [0.15, 0.2) is 0 Å². The van der Waals surface area contributed by atoms with E-state index in [1.165, 1.54) is 19.3 Å². The fourth-order valence-corrected chi connectivity index (χ4v) is 3.83. The number of likely N-dealkylation sites (tertiary alicyclic amines) is 1. The van der Waals surface area contributed by atoms with Gasteiger partial charge in [0.05, 0.1) is 10.0 Å². The first-order valence-electron chi connectivity index (χ1n) is 7.09. The summed E-state index contributed by atoms with van der Waals surface area (Å²) in [4.78, 5) is 2.54. The quantitative estimate of drug-likeness (QED) is 0.891. The van der Waals surface area contributed by atoms with Crippen LogP contribution in [-0.2, 0) is 0 Å². The molecule has 0 aliphatic carbocycles. The molecule has 0 spiro atoms. The molecule has 104 valence electrons. The zero-order chi connectivity index (χ0) is 13.4. The second-order valence-electron chi connectivity index (χ2n) is 5.74. The van der Waals surface area contributed by atoms with Gasteiger partial charge in [0.2, 0.25) is 0 Å². The van der Waals surface area contributed by atoms with E-state index in [2.05, 4.69) is 23.2 Å².